The van der Waals surface area contributed by atoms with E-state index in [1.54, 1.807) is 49.4 Å². The Morgan fingerprint density at radius 2 is 1.63 bits per heavy atom. The van der Waals surface area contributed by atoms with Crippen molar-refractivity contribution in [2.75, 3.05) is 20.3 Å². The smallest absolute Gasteiger partial charge is 0.333 e. The molecule has 3 aromatic carbocycles. The molecular weight excluding hydrogens is 604 g/mol. The molecule has 0 radical (unpaired) electrons. The fourth-order valence-electron chi connectivity index (χ4n) is 6.18. The summed E-state index contributed by atoms with van der Waals surface area (Å²) in [6.07, 6.45) is 4.82. The van der Waals surface area contributed by atoms with Crippen LogP contribution in [0.1, 0.15) is 60.0 Å². The van der Waals surface area contributed by atoms with Gasteiger partial charge in [-0.3, -0.25) is 9.59 Å². The van der Waals surface area contributed by atoms with E-state index in [4.69, 9.17) is 14.2 Å². The zero-order chi connectivity index (χ0) is 33.0. The summed E-state index contributed by atoms with van der Waals surface area (Å²) in [7, 11) is 1.40. The molecule has 0 aromatic heterocycles. The van der Waals surface area contributed by atoms with Gasteiger partial charge >= 0.3 is 5.97 Å². The van der Waals surface area contributed by atoms with Gasteiger partial charge < -0.3 is 14.2 Å². The number of halogens is 4. The van der Waals surface area contributed by atoms with E-state index in [2.05, 4.69) is 0 Å². The van der Waals surface area contributed by atoms with Crippen LogP contribution < -0.4 is 9.47 Å². The van der Waals surface area contributed by atoms with Gasteiger partial charge in [-0.1, -0.05) is 36.4 Å². The van der Waals surface area contributed by atoms with Crippen molar-refractivity contribution in [3.05, 3.63) is 112 Å². The number of ether oxygens (including phenoxy) is 3. The summed E-state index contributed by atoms with van der Waals surface area (Å²) in [5, 5.41) is 0. The summed E-state index contributed by atoms with van der Waals surface area (Å²) in [6, 6.07) is 11.5. The molecule has 0 bridgehead atoms. The Labute approximate surface area is 263 Å². The zero-order valence-corrected chi connectivity index (χ0v) is 25.3. The van der Waals surface area contributed by atoms with E-state index in [1.165, 1.54) is 19.2 Å². The topological polar surface area (TPSA) is 78.9 Å². The van der Waals surface area contributed by atoms with E-state index in [9.17, 15) is 31.9 Å². The van der Waals surface area contributed by atoms with Crippen molar-refractivity contribution in [1.82, 2.24) is 0 Å². The summed E-state index contributed by atoms with van der Waals surface area (Å²) in [4.78, 5) is 38.6. The van der Waals surface area contributed by atoms with Crippen LogP contribution >= 0.6 is 0 Å². The number of para-hydroxylation sites is 1. The van der Waals surface area contributed by atoms with Crippen LogP contribution in [0.25, 0.3) is 5.57 Å². The number of rotatable bonds is 12. The van der Waals surface area contributed by atoms with E-state index in [0.717, 1.165) is 0 Å². The molecular formula is C36H32F4O6. The largest absolute Gasteiger partial charge is 0.493 e. The summed E-state index contributed by atoms with van der Waals surface area (Å²) < 4.78 is 73.5. The van der Waals surface area contributed by atoms with Crippen molar-refractivity contribution in [3.63, 3.8) is 0 Å². The van der Waals surface area contributed by atoms with E-state index in [0.29, 0.717) is 47.2 Å². The average molecular weight is 637 g/mol. The highest BCUT2D eigenvalue weighted by molar-refractivity contribution is 6.02. The predicted octanol–water partition coefficient (Wildman–Crippen LogP) is 7.56. The number of methoxy groups -OCH3 is 1. The van der Waals surface area contributed by atoms with Crippen molar-refractivity contribution in [3.8, 4) is 11.5 Å². The Bertz CT molecular complexity index is 1690. The highest BCUT2D eigenvalue weighted by Gasteiger charge is 2.39. The molecule has 0 spiro atoms. The van der Waals surface area contributed by atoms with Crippen LogP contribution in [0.2, 0.25) is 0 Å². The molecule has 3 unspecified atom stereocenters. The Morgan fingerprint density at radius 1 is 0.913 bits per heavy atom. The minimum Gasteiger partial charge on any atom is -0.493 e. The van der Waals surface area contributed by atoms with Crippen molar-refractivity contribution >= 4 is 23.1 Å². The van der Waals surface area contributed by atoms with E-state index in [-0.39, 0.29) is 55.2 Å². The zero-order valence-electron chi connectivity index (χ0n) is 25.3. The van der Waals surface area contributed by atoms with Crippen LogP contribution in [0.3, 0.4) is 0 Å². The minimum atomic E-state index is -1.32. The summed E-state index contributed by atoms with van der Waals surface area (Å²) >= 11 is 0. The Hall–Kier alpha value is -4.73. The number of ketones is 2. The Balaban J connectivity index is 1.38. The fraction of sp³-hybridized carbons (Fsp3) is 0.306. The summed E-state index contributed by atoms with van der Waals surface area (Å²) in [5.41, 5.74) is 1.44. The number of carbonyl (C=O) groups is 3. The molecule has 46 heavy (non-hydrogen) atoms. The number of benzene rings is 3. The number of hydrogen-bond donors (Lipinski definition) is 0. The van der Waals surface area contributed by atoms with Gasteiger partial charge in [0, 0.05) is 41.5 Å². The predicted molar refractivity (Wildman–Crippen MR) is 161 cm³/mol. The number of allylic oxidation sites excluding steroid dienone is 3. The van der Waals surface area contributed by atoms with Gasteiger partial charge in [0.15, 0.2) is 23.1 Å². The van der Waals surface area contributed by atoms with Crippen LogP contribution in [0.15, 0.2) is 72.3 Å². The summed E-state index contributed by atoms with van der Waals surface area (Å²) in [5.74, 6) is -7.07. The second kappa shape index (κ2) is 14.1. The molecule has 0 aliphatic heterocycles. The average Bonchev–Trinajstić information content (AvgIpc) is 3.68. The highest BCUT2D eigenvalue weighted by Crippen LogP contribution is 2.49. The van der Waals surface area contributed by atoms with Gasteiger partial charge in [-0.25, -0.2) is 22.4 Å². The van der Waals surface area contributed by atoms with Gasteiger partial charge in [-0.2, -0.15) is 0 Å². The molecule has 6 nitrogen and oxygen atoms in total. The molecule has 0 saturated carbocycles. The van der Waals surface area contributed by atoms with Gasteiger partial charge in [0.1, 0.15) is 29.9 Å². The van der Waals surface area contributed by atoms with Crippen LogP contribution in [-0.4, -0.2) is 37.9 Å². The van der Waals surface area contributed by atoms with Crippen LogP contribution in [0.4, 0.5) is 17.6 Å². The lowest BCUT2D eigenvalue weighted by atomic mass is 9.82. The summed E-state index contributed by atoms with van der Waals surface area (Å²) in [6.45, 7) is 1.73. The molecule has 0 heterocycles. The molecule has 0 N–H and O–H groups in total. The number of carbonyl (C=O) groups excluding carboxylic acids is 3. The number of esters is 1. The fourth-order valence-corrected chi connectivity index (χ4v) is 6.18. The maximum absolute atomic E-state index is 14.8. The first-order chi connectivity index (χ1) is 22.1. The van der Waals surface area contributed by atoms with Gasteiger partial charge in [-0.15, -0.1) is 0 Å². The molecule has 3 aromatic rings. The molecule has 2 aliphatic rings. The lowest BCUT2D eigenvalue weighted by Crippen LogP contribution is -2.21. The SMILES string of the molecule is CCOC(=O)C1=CCC(CC(=O)COc2cccc(C3CC(c4ccc(F)cc4)=CC3C(=O)c3c(F)cc(F)cc3F)c2OC)C1. The maximum atomic E-state index is 14.8. The first-order valence-corrected chi connectivity index (χ1v) is 14.9. The molecule has 2 aliphatic carbocycles. The maximum Gasteiger partial charge on any atom is 0.333 e. The molecule has 10 heteroatoms. The monoisotopic (exact) mass is 636 g/mol. The van der Waals surface area contributed by atoms with E-state index < -0.39 is 46.5 Å². The minimum absolute atomic E-state index is 0.0443. The molecule has 5 rings (SSSR count). The molecule has 3 atom stereocenters. The standard InChI is InChI=1S/C36H32F4O6/c1-3-45-36(43)22-8-7-20(13-22)14-26(41)19-46-32-6-4-5-27(35(32)44-2)28-15-23(21-9-11-24(37)12-10-21)16-29(28)34(42)33-30(39)17-25(38)18-31(33)40/h4-6,8-12,16-18,20,28-29H,3,7,13-15,19H2,1-2H3. The number of hydrogen-bond acceptors (Lipinski definition) is 6. The van der Waals surface area contributed by atoms with Crippen molar-refractivity contribution in [1.29, 1.82) is 0 Å². The van der Waals surface area contributed by atoms with Crippen molar-refractivity contribution < 1.29 is 46.2 Å². The molecule has 0 saturated heterocycles. The normalized spacial score (nSPS) is 19.0. The first kappa shape index (κ1) is 32.7. The van der Waals surface area contributed by atoms with Crippen LogP contribution in [0.5, 0.6) is 11.5 Å². The van der Waals surface area contributed by atoms with Crippen molar-refractivity contribution in [2.24, 2.45) is 11.8 Å². The Morgan fingerprint density at radius 3 is 2.30 bits per heavy atom. The Kier molecular flexibility index (Phi) is 10.0. The second-order valence-corrected chi connectivity index (χ2v) is 11.3. The quantitative estimate of drug-likeness (QED) is 0.116. The molecule has 0 amide bonds. The van der Waals surface area contributed by atoms with Crippen LogP contribution in [-0.2, 0) is 14.3 Å². The lowest BCUT2D eigenvalue weighted by molar-refractivity contribution is -0.138. The van der Waals surface area contributed by atoms with Gasteiger partial charge in [0.25, 0.3) is 0 Å². The first-order valence-electron chi connectivity index (χ1n) is 14.9. The number of Topliss-reactive ketones (excluding diaryl/α,β-unsaturated/α-hetero) is 2. The second-order valence-electron chi connectivity index (χ2n) is 11.3. The molecule has 0 fully saturated rings. The van der Waals surface area contributed by atoms with E-state index >= 15 is 0 Å². The van der Waals surface area contributed by atoms with Crippen LogP contribution in [0, 0.1) is 35.1 Å². The van der Waals surface area contributed by atoms with Gasteiger partial charge in [-0.05, 0) is 61.4 Å². The molecule has 240 valence electrons. The van der Waals surface area contributed by atoms with Gasteiger partial charge in [0.2, 0.25) is 0 Å². The third-order valence-corrected chi connectivity index (χ3v) is 8.29. The lowest BCUT2D eigenvalue weighted by Gasteiger charge is -2.23. The third kappa shape index (κ3) is 7.06. The van der Waals surface area contributed by atoms with Crippen molar-refractivity contribution in [2.45, 2.75) is 38.5 Å². The van der Waals surface area contributed by atoms with Gasteiger partial charge in [0.05, 0.1) is 19.3 Å². The third-order valence-electron chi connectivity index (χ3n) is 8.29. The van der Waals surface area contributed by atoms with E-state index in [1.807, 2.05) is 0 Å². The highest BCUT2D eigenvalue weighted by atomic mass is 19.1.